The van der Waals surface area contributed by atoms with E-state index in [-0.39, 0.29) is 23.3 Å². The number of carboxylic acid groups (broad SMARTS) is 1. The fourth-order valence-electron chi connectivity index (χ4n) is 3.39. The number of carbonyl (C=O) groups is 2. The van der Waals surface area contributed by atoms with Crippen LogP contribution in [-0.2, 0) is 0 Å². The summed E-state index contributed by atoms with van der Waals surface area (Å²) in [4.78, 5) is 25.2. The van der Waals surface area contributed by atoms with E-state index in [0.717, 1.165) is 18.4 Å². The third-order valence-corrected chi connectivity index (χ3v) is 5.09. The molecule has 1 aliphatic carbocycles. The van der Waals surface area contributed by atoms with E-state index in [1.165, 1.54) is 12.1 Å². The van der Waals surface area contributed by atoms with E-state index in [0.29, 0.717) is 31.0 Å². The van der Waals surface area contributed by atoms with Crippen molar-refractivity contribution in [3.05, 3.63) is 65.0 Å². The summed E-state index contributed by atoms with van der Waals surface area (Å²) < 4.78 is 19.8. The Kier molecular flexibility index (Phi) is 4.56. The molecule has 6 heteroatoms. The van der Waals surface area contributed by atoms with E-state index in [1.54, 1.807) is 17.0 Å². The van der Waals surface area contributed by atoms with Crippen molar-refractivity contribution in [1.82, 2.24) is 4.90 Å². The number of hydrogen-bond acceptors (Lipinski definition) is 3. The highest BCUT2D eigenvalue weighted by Crippen LogP contribution is 2.45. The third kappa shape index (κ3) is 3.65. The van der Waals surface area contributed by atoms with E-state index in [9.17, 15) is 14.0 Å². The normalized spacial score (nSPS) is 16.7. The Morgan fingerprint density at radius 2 is 1.85 bits per heavy atom. The predicted octanol–water partition coefficient (Wildman–Crippen LogP) is 3.55. The molecular weight excluding hydrogens is 349 g/mol. The molecule has 0 spiro atoms. The Bertz CT molecular complexity index is 873. The Balaban J connectivity index is 1.37. The number of benzene rings is 2. The van der Waals surface area contributed by atoms with Gasteiger partial charge in [-0.05, 0) is 42.5 Å². The van der Waals surface area contributed by atoms with Gasteiger partial charge in [0.2, 0.25) is 0 Å². The molecule has 0 unspecified atom stereocenters. The smallest absolute Gasteiger partial charge is 0.338 e. The van der Waals surface area contributed by atoms with E-state index in [1.807, 2.05) is 18.2 Å². The summed E-state index contributed by atoms with van der Waals surface area (Å²) in [5.41, 5.74) is 1.12. The molecule has 4 rings (SSSR count). The third-order valence-electron chi connectivity index (χ3n) is 5.09. The minimum absolute atomic E-state index is 0.00220. The lowest BCUT2D eigenvalue weighted by Gasteiger charge is -2.39. The first kappa shape index (κ1) is 17.5. The monoisotopic (exact) mass is 369 g/mol. The molecule has 2 aromatic rings. The predicted molar refractivity (Wildman–Crippen MR) is 96.7 cm³/mol. The summed E-state index contributed by atoms with van der Waals surface area (Å²) in [6.07, 6.45) is 1.92. The number of carboxylic acids is 1. The van der Waals surface area contributed by atoms with Gasteiger partial charge in [0.05, 0.1) is 12.2 Å². The standard InChI is InChI=1S/C21H20FNO4/c22-18-9-19(16(14-6-7-14)8-17(18)21(25)26)27-12-13-10-23(11-13)20(24)15-4-2-1-3-5-15/h1-5,8-9,13-14H,6-7,10-12H2,(H,25,26). The van der Waals surface area contributed by atoms with Crippen molar-refractivity contribution in [3.63, 3.8) is 0 Å². The highest BCUT2D eigenvalue weighted by atomic mass is 19.1. The maximum absolute atomic E-state index is 14.0. The molecule has 1 aliphatic heterocycles. The first-order chi connectivity index (χ1) is 13.0. The topological polar surface area (TPSA) is 66.8 Å². The quantitative estimate of drug-likeness (QED) is 0.846. The maximum atomic E-state index is 14.0. The molecule has 140 valence electrons. The molecular formula is C21H20FNO4. The molecule has 1 saturated carbocycles. The van der Waals surface area contributed by atoms with Crippen LogP contribution in [0.15, 0.2) is 42.5 Å². The maximum Gasteiger partial charge on any atom is 0.338 e. The first-order valence-corrected chi connectivity index (χ1v) is 9.06. The lowest BCUT2D eigenvalue weighted by molar-refractivity contribution is 0.0392. The molecule has 0 atom stereocenters. The minimum atomic E-state index is -1.27. The van der Waals surface area contributed by atoms with Crippen molar-refractivity contribution in [2.75, 3.05) is 19.7 Å². The first-order valence-electron chi connectivity index (χ1n) is 9.06. The summed E-state index contributed by atoms with van der Waals surface area (Å²) in [5, 5.41) is 9.11. The Morgan fingerprint density at radius 3 is 2.48 bits per heavy atom. The number of rotatable bonds is 6. The SMILES string of the molecule is O=C(O)c1cc(C2CC2)c(OCC2CN(C(=O)c3ccccc3)C2)cc1F. The van der Waals surface area contributed by atoms with Gasteiger partial charge in [0.15, 0.2) is 0 Å². The second kappa shape index (κ2) is 7.02. The number of carbonyl (C=O) groups excluding carboxylic acids is 1. The van der Waals surface area contributed by atoms with Gasteiger partial charge in [-0.1, -0.05) is 18.2 Å². The number of nitrogens with zero attached hydrogens (tertiary/aromatic N) is 1. The van der Waals surface area contributed by atoms with Crippen LogP contribution in [0, 0.1) is 11.7 Å². The molecule has 0 radical (unpaired) electrons. The zero-order chi connectivity index (χ0) is 19.0. The number of likely N-dealkylation sites (tertiary alicyclic amines) is 1. The zero-order valence-corrected chi connectivity index (χ0v) is 14.7. The van der Waals surface area contributed by atoms with E-state index in [2.05, 4.69) is 0 Å². The summed E-state index contributed by atoms with van der Waals surface area (Å²) in [5.74, 6) is -1.19. The molecule has 2 fully saturated rings. The van der Waals surface area contributed by atoms with Crippen molar-refractivity contribution in [1.29, 1.82) is 0 Å². The molecule has 2 aromatic carbocycles. The van der Waals surface area contributed by atoms with Crippen LogP contribution in [-0.4, -0.2) is 41.6 Å². The molecule has 2 aliphatic rings. The Labute approximate surface area is 156 Å². The molecule has 0 aromatic heterocycles. The van der Waals surface area contributed by atoms with E-state index in [4.69, 9.17) is 9.84 Å². The molecule has 1 saturated heterocycles. The Morgan fingerprint density at radius 1 is 1.15 bits per heavy atom. The summed E-state index contributed by atoms with van der Waals surface area (Å²) >= 11 is 0. The van der Waals surface area contributed by atoms with Crippen molar-refractivity contribution >= 4 is 11.9 Å². The number of ether oxygens (including phenoxy) is 1. The van der Waals surface area contributed by atoms with E-state index >= 15 is 0 Å². The average Bonchev–Trinajstić information content (AvgIpc) is 3.45. The van der Waals surface area contributed by atoms with Crippen molar-refractivity contribution < 1.29 is 23.8 Å². The van der Waals surface area contributed by atoms with Gasteiger partial charge in [0, 0.05) is 30.6 Å². The molecule has 5 nitrogen and oxygen atoms in total. The van der Waals surface area contributed by atoms with E-state index < -0.39 is 11.8 Å². The Hall–Kier alpha value is -2.89. The van der Waals surface area contributed by atoms with Crippen LogP contribution in [0.3, 0.4) is 0 Å². The minimum Gasteiger partial charge on any atom is -0.493 e. The van der Waals surface area contributed by atoms with Crippen LogP contribution in [0.5, 0.6) is 5.75 Å². The lowest BCUT2D eigenvalue weighted by Crippen LogP contribution is -2.52. The summed E-state index contributed by atoms with van der Waals surface area (Å²) in [6.45, 7) is 1.58. The average molecular weight is 369 g/mol. The molecule has 1 heterocycles. The fraction of sp³-hybridized carbons (Fsp3) is 0.333. The number of halogens is 1. The summed E-state index contributed by atoms with van der Waals surface area (Å²) in [6, 6.07) is 11.7. The molecule has 1 N–H and O–H groups in total. The highest BCUT2D eigenvalue weighted by molar-refractivity contribution is 5.94. The van der Waals surface area contributed by atoms with Crippen LogP contribution in [0.4, 0.5) is 4.39 Å². The van der Waals surface area contributed by atoms with Crippen LogP contribution in [0.25, 0.3) is 0 Å². The molecule has 1 amide bonds. The lowest BCUT2D eigenvalue weighted by atomic mass is 9.99. The van der Waals surface area contributed by atoms with Crippen molar-refractivity contribution in [3.8, 4) is 5.75 Å². The number of amides is 1. The highest BCUT2D eigenvalue weighted by Gasteiger charge is 2.33. The number of aromatic carboxylic acids is 1. The second-order valence-electron chi connectivity index (χ2n) is 7.20. The van der Waals surface area contributed by atoms with Crippen molar-refractivity contribution in [2.45, 2.75) is 18.8 Å². The van der Waals surface area contributed by atoms with Gasteiger partial charge < -0.3 is 14.7 Å². The van der Waals surface area contributed by atoms with Gasteiger partial charge in [0.1, 0.15) is 11.6 Å². The number of hydrogen-bond donors (Lipinski definition) is 1. The van der Waals surface area contributed by atoms with Crippen LogP contribution >= 0.6 is 0 Å². The molecule has 0 bridgehead atoms. The van der Waals surface area contributed by atoms with Gasteiger partial charge in [-0.15, -0.1) is 0 Å². The van der Waals surface area contributed by atoms with Gasteiger partial charge in [0.25, 0.3) is 5.91 Å². The fourth-order valence-corrected chi connectivity index (χ4v) is 3.39. The van der Waals surface area contributed by atoms with Gasteiger partial charge in [-0.3, -0.25) is 4.79 Å². The van der Waals surface area contributed by atoms with Gasteiger partial charge >= 0.3 is 5.97 Å². The van der Waals surface area contributed by atoms with Gasteiger partial charge in [-0.2, -0.15) is 0 Å². The van der Waals surface area contributed by atoms with Gasteiger partial charge in [-0.25, -0.2) is 9.18 Å². The summed E-state index contributed by atoms with van der Waals surface area (Å²) in [7, 11) is 0. The van der Waals surface area contributed by atoms with Crippen LogP contribution < -0.4 is 4.74 Å². The second-order valence-corrected chi connectivity index (χ2v) is 7.20. The molecule has 27 heavy (non-hydrogen) atoms. The van der Waals surface area contributed by atoms with Crippen molar-refractivity contribution in [2.24, 2.45) is 5.92 Å². The van der Waals surface area contributed by atoms with Crippen LogP contribution in [0.1, 0.15) is 45.0 Å². The van der Waals surface area contributed by atoms with Crippen LogP contribution in [0.2, 0.25) is 0 Å². The largest absolute Gasteiger partial charge is 0.493 e. The zero-order valence-electron chi connectivity index (χ0n) is 14.7.